The fourth-order valence-electron chi connectivity index (χ4n) is 4.87. The van der Waals surface area contributed by atoms with Crippen molar-refractivity contribution in [2.24, 2.45) is 0 Å². The lowest BCUT2D eigenvalue weighted by atomic mass is 10.1. The summed E-state index contributed by atoms with van der Waals surface area (Å²) in [6, 6.07) is 6.56. The Morgan fingerprint density at radius 2 is 2.03 bits per heavy atom. The van der Waals surface area contributed by atoms with Crippen molar-refractivity contribution in [1.82, 2.24) is 15.2 Å². The third kappa shape index (κ3) is 3.77. The van der Waals surface area contributed by atoms with Crippen molar-refractivity contribution in [3.8, 4) is 0 Å². The number of benzene rings is 1. The van der Waals surface area contributed by atoms with E-state index in [1.165, 1.54) is 13.1 Å². The summed E-state index contributed by atoms with van der Waals surface area (Å²) >= 11 is 0. The molecule has 0 aliphatic carbocycles. The number of piperazine rings is 1. The van der Waals surface area contributed by atoms with Crippen LogP contribution in [0.1, 0.15) is 28.8 Å². The van der Waals surface area contributed by atoms with Gasteiger partial charge in [-0.05, 0) is 42.7 Å². The number of hydrogen-bond donors (Lipinski definition) is 2. The Balaban J connectivity index is 1.22. The zero-order chi connectivity index (χ0) is 22.2. The molecule has 0 spiro atoms. The molecule has 3 aliphatic heterocycles. The summed E-state index contributed by atoms with van der Waals surface area (Å²) in [5.41, 5.74) is 2.69. The second-order valence-corrected chi connectivity index (χ2v) is 8.56. The van der Waals surface area contributed by atoms with Crippen molar-refractivity contribution in [3.05, 3.63) is 47.4 Å². The number of aromatic nitrogens is 1. The van der Waals surface area contributed by atoms with Crippen LogP contribution in [-0.4, -0.2) is 67.5 Å². The first-order valence-corrected chi connectivity index (χ1v) is 11.1. The van der Waals surface area contributed by atoms with E-state index in [2.05, 4.69) is 25.4 Å². The summed E-state index contributed by atoms with van der Waals surface area (Å²) < 4.78 is 14.6. The van der Waals surface area contributed by atoms with Gasteiger partial charge in [-0.25, -0.2) is 9.37 Å². The number of carbonyl (C=O) groups is 2. The fourth-order valence-corrected chi connectivity index (χ4v) is 4.87. The molecule has 0 radical (unpaired) electrons. The van der Waals surface area contributed by atoms with Crippen LogP contribution in [0.15, 0.2) is 30.5 Å². The maximum absolute atomic E-state index is 14.6. The summed E-state index contributed by atoms with van der Waals surface area (Å²) in [5, 5.41) is 5.53. The Labute approximate surface area is 186 Å². The van der Waals surface area contributed by atoms with E-state index in [1.807, 2.05) is 17.2 Å². The quantitative estimate of drug-likeness (QED) is 0.758. The van der Waals surface area contributed by atoms with Gasteiger partial charge in [0.25, 0.3) is 5.91 Å². The summed E-state index contributed by atoms with van der Waals surface area (Å²) in [4.78, 5) is 35.2. The van der Waals surface area contributed by atoms with Crippen LogP contribution in [0.4, 0.5) is 21.6 Å². The van der Waals surface area contributed by atoms with Gasteiger partial charge in [-0.2, -0.15) is 0 Å². The third-order valence-corrected chi connectivity index (χ3v) is 6.56. The van der Waals surface area contributed by atoms with E-state index in [0.717, 1.165) is 56.1 Å². The van der Waals surface area contributed by atoms with Gasteiger partial charge in [0.2, 0.25) is 5.91 Å². The van der Waals surface area contributed by atoms with Crippen LogP contribution in [-0.2, 0) is 11.3 Å². The number of halogens is 1. The van der Waals surface area contributed by atoms with Crippen LogP contribution in [0.3, 0.4) is 0 Å². The van der Waals surface area contributed by atoms with Gasteiger partial charge in [-0.15, -0.1) is 0 Å². The predicted molar refractivity (Wildman–Crippen MR) is 121 cm³/mol. The summed E-state index contributed by atoms with van der Waals surface area (Å²) in [7, 11) is 1.53. The molecule has 5 rings (SSSR count). The molecule has 4 heterocycles. The molecule has 2 saturated heterocycles. The first-order valence-electron chi connectivity index (χ1n) is 11.1. The van der Waals surface area contributed by atoms with Crippen molar-refractivity contribution in [1.29, 1.82) is 0 Å². The van der Waals surface area contributed by atoms with E-state index in [-0.39, 0.29) is 23.7 Å². The first kappa shape index (κ1) is 20.7. The Hall–Kier alpha value is -3.20. The normalized spacial score (nSPS) is 20.6. The molecule has 1 aromatic carbocycles. The van der Waals surface area contributed by atoms with Crippen molar-refractivity contribution in [3.63, 3.8) is 0 Å². The second kappa shape index (κ2) is 8.38. The van der Waals surface area contributed by atoms with Gasteiger partial charge < -0.3 is 20.4 Å². The van der Waals surface area contributed by atoms with E-state index < -0.39 is 0 Å². The lowest BCUT2D eigenvalue weighted by Crippen LogP contribution is -2.46. The van der Waals surface area contributed by atoms with Gasteiger partial charge in [-0.3, -0.25) is 14.5 Å². The largest absolute Gasteiger partial charge is 0.367 e. The number of nitrogens with zero attached hydrogens (tertiary/aromatic N) is 4. The number of carbonyl (C=O) groups excluding carboxylic acids is 2. The molecule has 1 aromatic heterocycles. The molecule has 0 bridgehead atoms. The van der Waals surface area contributed by atoms with E-state index >= 15 is 0 Å². The second-order valence-electron chi connectivity index (χ2n) is 8.56. The number of hydrogen-bond acceptors (Lipinski definition) is 6. The molecule has 2 N–H and O–H groups in total. The molecule has 2 amide bonds. The number of rotatable bonds is 4. The Morgan fingerprint density at radius 3 is 2.78 bits per heavy atom. The van der Waals surface area contributed by atoms with Crippen molar-refractivity contribution in [2.45, 2.75) is 25.4 Å². The highest BCUT2D eigenvalue weighted by molar-refractivity contribution is 6.03. The molecule has 8 nitrogen and oxygen atoms in total. The Bertz CT molecular complexity index is 1050. The van der Waals surface area contributed by atoms with Crippen LogP contribution >= 0.6 is 0 Å². The molecule has 0 saturated carbocycles. The lowest BCUT2D eigenvalue weighted by molar-refractivity contribution is -0.117. The topological polar surface area (TPSA) is 80.8 Å². The number of fused-ring (bicyclic) bond motifs is 3. The highest BCUT2D eigenvalue weighted by Crippen LogP contribution is 2.35. The number of anilines is 3. The average Bonchev–Trinajstić information content (AvgIpc) is 3.30. The fraction of sp³-hybridized carbons (Fsp3) is 0.435. The molecule has 3 aliphatic rings. The summed E-state index contributed by atoms with van der Waals surface area (Å²) in [6.45, 7) is 4.57. The van der Waals surface area contributed by atoms with Crippen LogP contribution < -0.4 is 20.4 Å². The van der Waals surface area contributed by atoms with Crippen LogP contribution in [0.2, 0.25) is 0 Å². The van der Waals surface area contributed by atoms with E-state index in [1.54, 1.807) is 12.1 Å². The first-order chi connectivity index (χ1) is 15.5. The zero-order valence-electron chi connectivity index (χ0n) is 18.1. The van der Waals surface area contributed by atoms with Crippen LogP contribution in [0.5, 0.6) is 0 Å². The molecule has 1 unspecified atom stereocenters. The van der Waals surface area contributed by atoms with Crippen LogP contribution in [0, 0.1) is 5.82 Å². The minimum absolute atomic E-state index is 0.0621. The molecule has 2 fully saturated rings. The van der Waals surface area contributed by atoms with E-state index in [9.17, 15) is 14.0 Å². The SMILES string of the molecule is CNC(=O)c1ccc(N2CCN(Cc3cnc4c(c3)NC(=O)C3CCCN43)CC2)c(F)c1. The lowest BCUT2D eigenvalue weighted by Gasteiger charge is -2.36. The molecule has 2 aromatic rings. The number of amides is 2. The van der Waals surface area contributed by atoms with E-state index in [4.69, 9.17) is 0 Å². The standard InChI is InChI=1S/C23H27FN6O2/c1-25-22(31)16-4-5-19(17(24)12-16)29-9-7-28(8-10-29)14-15-11-18-21(26-13-15)30-6-2-3-20(30)23(32)27-18/h4-5,11-13,20H,2-3,6-10,14H2,1H3,(H,25,31)(H,27,32). The van der Waals surface area contributed by atoms with E-state index in [0.29, 0.717) is 24.3 Å². The minimum Gasteiger partial charge on any atom is -0.367 e. The van der Waals surface area contributed by atoms with Gasteiger partial charge in [0.15, 0.2) is 5.82 Å². The van der Waals surface area contributed by atoms with Crippen LogP contribution in [0.25, 0.3) is 0 Å². The van der Waals surface area contributed by atoms with Crippen molar-refractivity contribution in [2.75, 3.05) is 54.9 Å². The Morgan fingerprint density at radius 1 is 1.22 bits per heavy atom. The van der Waals surface area contributed by atoms with Crippen molar-refractivity contribution >= 4 is 29.0 Å². The molecule has 1 atom stereocenters. The third-order valence-electron chi connectivity index (χ3n) is 6.56. The monoisotopic (exact) mass is 438 g/mol. The smallest absolute Gasteiger partial charge is 0.251 e. The average molecular weight is 439 g/mol. The molecule has 168 valence electrons. The molecule has 9 heteroatoms. The highest BCUT2D eigenvalue weighted by Gasteiger charge is 2.37. The van der Waals surface area contributed by atoms with Gasteiger partial charge in [0.1, 0.15) is 11.9 Å². The predicted octanol–water partition coefficient (Wildman–Crippen LogP) is 1.82. The summed E-state index contributed by atoms with van der Waals surface area (Å²) in [5.74, 6) is 0.258. The molecule has 32 heavy (non-hydrogen) atoms. The summed E-state index contributed by atoms with van der Waals surface area (Å²) in [6.07, 6.45) is 3.80. The van der Waals surface area contributed by atoms with Crippen molar-refractivity contribution < 1.29 is 14.0 Å². The minimum atomic E-state index is -0.380. The van der Waals surface area contributed by atoms with Gasteiger partial charge in [0, 0.05) is 58.1 Å². The molecular weight excluding hydrogens is 411 g/mol. The molecular formula is C23H27FN6O2. The number of nitrogens with one attached hydrogen (secondary N) is 2. The maximum Gasteiger partial charge on any atom is 0.251 e. The Kier molecular flexibility index (Phi) is 5.42. The van der Waals surface area contributed by atoms with Gasteiger partial charge in [0.05, 0.1) is 11.4 Å². The zero-order valence-corrected chi connectivity index (χ0v) is 18.1. The highest BCUT2D eigenvalue weighted by atomic mass is 19.1. The maximum atomic E-state index is 14.6. The van der Waals surface area contributed by atoms with Gasteiger partial charge >= 0.3 is 0 Å². The van der Waals surface area contributed by atoms with Gasteiger partial charge in [-0.1, -0.05) is 0 Å². The number of pyridine rings is 1.